The van der Waals surface area contributed by atoms with Crippen molar-refractivity contribution in [1.29, 1.82) is 0 Å². The van der Waals surface area contributed by atoms with Crippen LogP contribution < -0.4 is 5.32 Å². The summed E-state index contributed by atoms with van der Waals surface area (Å²) in [6.07, 6.45) is 0. The van der Waals surface area contributed by atoms with Crippen LogP contribution in [0.15, 0.2) is 42.5 Å². The van der Waals surface area contributed by atoms with E-state index >= 15 is 0 Å². The Morgan fingerprint density at radius 1 is 1.25 bits per heavy atom. The summed E-state index contributed by atoms with van der Waals surface area (Å²) in [6, 6.07) is 11.4. The van der Waals surface area contributed by atoms with Crippen molar-refractivity contribution in [3.63, 3.8) is 0 Å². The summed E-state index contributed by atoms with van der Waals surface area (Å²) in [6.45, 7) is 0.180. The minimum Gasteiger partial charge on any atom is -0.465 e. The lowest BCUT2D eigenvalue weighted by molar-refractivity contribution is 0.0602. The van der Waals surface area contributed by atoms with Crippen molar-refractivity contribution >= 4 is 23.3 Å². The molecule has 0 fully saturated rings. The first-order valence-electron chi connectivity index (χ1n) is 5.97. The molecule has 2 aromatic carbocycles. The third kappa shape index (κ3) is 3.08. The molecule has 2 rings (SSSR count). The minimum atomic E-state index is -0.451. The quantitative estimate of drug-likeness (QED) is 0.870. The highest BCUT2D eigenvalue weighted by Gasteiger charge is 2.12. The van der Waals surface area contributed by atoms with Gasteiger partial charge in [0.1, 0.15) is 5.82 Å². The number of hydrogen-bond donors (Lipinski definition) is 1. The second-order valence-electron chi connectivity index (χ2n) is 4.09. The number of methoxy groups -OCH3 is 1. The van der Waals surface area contributed by atoms with E-state index in [2.05, 4.69) is 5.32 Å². The van der Waals surface area contributed by atoms with E-state index in [0.717, 1.165) is 0 Å². The zero-order valence-electron chi connectivity index (χ0n) is 10.8. The second kappa shape index (κ2) is 6.39. The Hall–Kier alpha value is -2.07. The van der Waals surface area contributed by atoms with Crippen molar-refractivity contribution in [3.05, 3.63) is 64.4 Å². The zero-order chi connectivity index (χ0) is 14.5. The molecule has 0 bridgehead atoms. The number of nitrogens with one attached hydrogen (secondary N) is 1. The van der Waals surface area contributed by atoms with Gasteiger partial charge in [-0.15, -0.1) is 0 Å². The normalized spacial score (nSPS) is 10.2. The Morgan fingerprint density at radius 2 is 2.00 bits per heavy atom. The average molecular weight is 294 g/mol. The zero-order valence-corrected chi connectivity index (χ0v) is 11.6. The first kappa shape index (κ1) is 14.3. The number of halogens is 2. The Kier molecular flexibility index (Phi) is 4.58. The van der Waals surface area contributed by atoms with Gasteiger partial charge in [0.25, 0.3) is 0 Å². The fourth-order valence-corrected chi connectivity index (χ4v) is 2.04. The SMILES string of the molecule is COC(=O)c1ccccc1NCc1c(F)cccc1Cl. The molecule has 0 spiro atoms. The van der Waals surface area contributed by atoms with E-state index in [-0.39, 0.29) is 12.4 Å². The fourth-order valence-electron chi connectivity index (χ4n) is 1.81. The lowest BCUT2D eigenvalue weighted by Gasteiger charge is -2.12. The molecule has 0 aromatic heterocycles. The number of rotatable bonds is 4. The molecule has 0 saturated carbocycles. The van der Waals surface area contributed by atoms with Crippen molar-refractivity contribution in [3.8, 4) is 0 Å². The van der Waals surface area contributed by atoms with Gasteiger partial charge in [-0.05, 0) is 24.3 Å². The molecule has 2 aromatic rings. The molecular weight excluding hydrogens is 281 g/mol. The number of carbonyl (C=O) groups is 1. The van der Waals surface area contributed by atoms with Gasteiger partial charge in [0.05, 0.1) is 12.7 Å². The minimum absolute atomic E-state index is 0.180. The van der Waals surface area contributed by atoms with Gasteiger partial charge in [0.2, 0.25) is 0 Å². The maximum absolute atomic E-state index is 13.7. The molecule has 0 amide bonds. The second-order valence-corrected chi connectivity index (χ2v) is 4.50. The number of ether oxygens (including phenoxy) is 1. The van der Waals surface area contributed by atoms with Crippen LogP contribution in [0.5, 0.6) is 0 Å². The smallest absolute Gasteiger partial charge is 0.339 e. The van der Waals surface area contributed by atoms with Gasteiger partial charge in [0, 0.05) is 22.8 Å². The summed E-state index contributed by atoms with van der Waals surface area (Å²) in [5.41, 5.74) is 1.31. The van der Waals surface area contributed by atoms with Gasteiger partial charge in [-0.1, -0.05) is 29.8 Å². The van der Waals surface area contributed by atoms with E-state index in [1.54, 1.807) is 36.4 Å². The molecule has 0 aliphatic rings. The van der Waals surface area contributed by atoms with E-state index < -0.39 is 5.97 Å². The van der Waals surface area contributed by atoms with Crippen molar-refractivity contribution in [1.82, 2.24) is 0 Å². The molecule has 0 saturated heterocycles. The summed E-state index contributed by atoms with van der Waals surface area (Å²) in [4.78, 5) is 11.6. The van der Waals surface area contributed by atoms with E-state index in [4.69, 9.17) is 16.3 Å². The van der Waals surface area contributed by atoms with Gasteiger partial charge in [-0.3, -0.25) is 0 Å². The highest BCUT2D eigenvalue weighted by atomic mass is 35.5. The van der Waals surface area contributed by atoms with Crippen molar-refractivity contribution in [2.75, 3.05) is 12.4 Å². The topological polar surface area (TPSA) is 38.3 Å². The number of hydrogen-bond acceptors (Lipinski definition) is 3. The van der Waals surface area contributed by atoms with Crippen LogP contribution in [0.1, 0.15) is 15.9 Å². The summed E-state index contributed by atoms with van der Waals surface area (Å²) in [5.74, 6) is -0.840. The van der Waals surface area contributed by atoms with Crippen LogP contribution in [0.4, 0.5) is 10.1 Å². The Balaban J connectivity index is 2.21. The van der Waals surface area contributed by atoms with Crippen LogP contribution in [-0.2, 0) is 11.3 Å². The standard InChI is InChI=1S/C15H13ClFNO2/c1-20-15(19)10-5-2-3-8-14(10)18-9-11-12(16)6-4-7-13(11)17/h2-8,18H,9H2,1H3. The summed E-state index contributed by atoms with van der Waals surface area (Å²) < 4.78 is 18.4. The first-order chi connectivity index (χ1) is 9.63. The maximum atomic E-state index is 13.7. The lowest BCUT2D eigenvalue weighted by atomic mass is 10.1. The van der Waals surface area contributed by atoms with Gasteiger partial charge in [-0.2, -0.15) is 0 Å². The van der Waals surface area contributed by atoms with Gasteiger partial charge in [0.15, 0.2) is 0 Å². The third-order valence-corrected chi connectivity index (χ3v) is 3.20. The molecule has 0 radical (unpaired) electrons. The molecule has 0 aliphatic heterocycles. The van der Waals surface area contributed by atoms with E-state index in [9.17, 15) is 9.18 Å². The van der Waals surface area contributed by atoms with Crippen molar-refractivity contribution < 1.29 is 13.9 Å². The Labute approximate surface area is 121 Å². The van der Waals surface area contributed by atoms with Gasteiger partial charge < -0.3 is 10.1 Å². The number of carbonyl (C=O) groups excluding carboxylic acids is 1. The predicted molar refractivity (Wildman–Crippen MR) is 76.5 cm³/mol. The lowest BCUT2D eigenvalue weighted by Crippen LogP contribution is -2.09. The monoisotopic (exact) mass is 293 g/mol. The fraction of sp³-hybridized carbons (Fsp3) is 0.133. The number of anilines is 1. The number of para-hydroxylation sites is 1. The van der Waals surface area contributed by atoms with E-state index in [1.165, 1.54) is 13.2 Å². The average Bonchev–Trinajstić information content (AvgIpc) is 2.46. The molecule has 20 heavy (non-hydrogen) atoms. The Morgan fingerprint density at radius 3 is 2.70 bits per heavy atom. The predicted octanol–water partition coefficient (Wildman–Crippen LogP) is 3.88. The van der Waals surface area contributed by atoms with Crippen LogP contribution >= 0.6 is 11.6 Å². The van der Waals surface area contributed by atoms with Crippen LogP contribution in [0.2, 0.25) is 5.02 Å². The molecule has 1 N–H and O–H groups in total. The van der Waals surface area contributed by atoms with Crippen molar-refractivity contribution in [2.45, 2.75) is 6.54 Å². The third-order valence-electron chi connectivity index (χ3n) is 2.85. The molecule has 3 nitrogen and oxygen atoms in total. The van der Waals surface area contributed by atoms with Crippen LogP contribution in [0, 0.1) is 5.82 Å². The van der Waals surface area contributed by atoms with Crippen LogP contribution in [0.25, 0.3) is 0 Å². The maximum Gasteiger partial charge on any atom is 0.339 e. The summed E-state index contributed by atoms with van der Waals surface area (Å²) in [5, 5.41) is 3.34. The highest BCUT2D eigenvalue weighted by molar-refractivity contribution is 6.31. The van der Waals surface area contributed by atoms with Crippen molar-refractivity contribution in [2.24, 2.45) is 0 Å². The molecule has 5 heteroatoms. The largest absolute Gasteiger partial charge is 0.465 e. The summed E-state index contributed by atoms with van der Waals surface area (Å²) in [7, 11) is 1.31. The van der Waals surface area contributed by atoms with Crippen LogP contribution in [0.3, 0.4) is 0 Å². The van der Waals surface area contributed by atoms with Crippen LogP contribution in [-0.4, -0.2) is 13.1 Å². The molecule has 0 heterocycles. The molecular formula is C15H13ClFNO2. The van der Waals surface area contributed by atoms with Gasteiger partial charge in [-0.25, -0.2) is 9.18 Å². The molecule has 0 aliphatic carbocycles. The molecule has 104 valence electrons. The Bertz CT molecular complexity index is 611. The van der Waals surface area contributed by atoms with E-state index in [1.807, 2.05) is 0 Å². The molecule has 0 atom stereocenters. The summed E-state index contributed by atoms with van der Waals surface area (Å²) >= 11 is 5.95. The van der Waals surface area contributed by atoms with Gasteiger partial charge >= 0.3 is 5.97 Å². The van der Waals surface area contributed by atoms with E-state index in [0.29, 0.717) is 21.8 Å². The number of benzene rings is 2. The highest BCUT2D eigenvalue weighted by Crippen LogP contribution is 2.22. The molecule has 0 unspecified atom stereocenters. The first-order valence-corrected chi connectivity index (χ1v) is 6.35. The number of esters is 1.